The highest BCUT2D eigenvalue weighted by atomic mass is 16.2. The number of hydrogen-bond acceptors (Lipinski definition) is 3. The Morgan fingerprint density at radius 2 is 2.00 bits per heavy atom. The van der Waals surface area contributed by atoms with Crippen molar-refractivity contribution in [3.05, 3.63) is 71.2 Å². The lowest BCUT2D eigenvalue weighted by Gasteiger charge is -2.03. The Morgan fingerprint density at radius 1 is 1.17 bits per heavy atom. The third-order valence-electron chi connectivity index (χ3n) is 4.17. The molecule has 1 N–H and O–H groups in total. The van der Waals surface area contributed by atoms with Crippen molar-refractivity contribution in [2.75, 3.05) is 0 Å². The molecule has 0 unspecified atom stereocenters. The summed E-state index contributed by atoms with van der Waals surface area (Å²) >= 11 is 0. The van der Waals surface area contributed by atoms with Gasteiger partial charge < -0.3 is 0 Å². The van der Waals surface area contributed by atoms with Crippen molar-refractivity contribution in [3.8, 4) is 0 Å². The molecule has 2 aromatic heterocycles. The monoisotopic (exact) mass is 304 g/mol. The van der Waals surface area contributed by atoms with Crippen molar-refractivity contribution in [2.24, 2.45) is 5.10 Å². The second-order valence-corrected chi connectivity index (χ2v) is 5.63. The van der Waals surface area contributed by atoms with Gasteiger partial charge in [0.25, 0.3) is 5.91 Å². The van der Waals surface area contributed by atoms with E-state index in [2.05, 4.69) is 21.6 Å². The number of nitrogens with zero attached hydrogens (tertiary/aromatic N) is 3. The van der Waals surface area contributed by atoms with E-state index in [1.165, 1.54) is 5.56 Å². The van der Waals surface area contributed by atoms with Crippen LogP contribution in [0, 0.1) is 6.92 Å². The number of nitrogens with one attached hydrogen (secondary N) is 1. The minimum atomic E-state index is -0.238. The average Bonchev–Trinajstić information content (AvgIpc) is 3.12. The van der Waals surface area contributed by atoms with E-state index in [1.54, 1.807) is 4.40 Å². The molecule has 114 valence electrons. The fourth-order valence-electron chi connectivity index (χ4n) is 3.08. The van der Waals surface area contributed by atoms with Crippen molar-refractivity contribution in [1.82, 2.24) is 14.8 Å². The number of amides is 1. The third-order valence-corrected chi connectivity index (χ3v) is 4.17. The fourth-order valence-corrected chi connectivity index (χ4v) is 3.08. The molecule has 5 nitrogen and oxygen atoms in total. The number of rotatable bonds is 2. The van der Waals surface area contributed by atoms with Crippen LogP contribution < -0.4 is 5.43 Å². The van der Waals surface area contributed by atoms with Gasteiger partial charge in [-0.05, 0) is 37.5 Å². The van der Waals surface area contributed by atoms with E-state index in [0.29, 0.717) is 11.4 Å². The highest BCUT2D eigenvalue weighted by Gasteiger charge is 2.19. The smallest absolute Gasteiger partial charge is 0.290 e. The summed E-state index contributed by atoms with van der Waals surface area (Å²) in [5, 5.41) is 4.34. The van der Waals surface area contributed by atoms with E-state index in [9.17, 15) is 4.79 Å². The van der Waals surface area contributed by atoms with Crippen molar-refractivity contribution in [2.45, 2.75) is 19.8 Å². The predicted molar refractivity (Wildman–Crippen MR) is 88.7 cm³/mol. The zero-order chi connectivity index (χ0) is 15.8. The van der Waals surface area contributed by atoms with Gasteiger partial charge in [-0.1, -0.05) is 30.3 Å². The van der Waals surface area contributed by atoms with Crippen LogP contribution in [0.1, 0.15) is 33.7 Å². The molecule has 3 aromatic rings. The van der Waals surface area contributed by atoms with Gasteiger partial charge in [-0.25, -0.2) is 10.4 Å². The van der Waals surface area contributed by atoms with Gasteiger partial charge >= 0.3 is 0 Å². The van der Waals surface area contributed by atoms with Crippen LogP contribution in [0.2, 0.25) is 0 Å². The van der Waals surface area contributed by atoms with Crippen LogP contribution in [0.3, 0.4) is 0 Å². The van der Waals surface area contributed by atoms with E-state index in [-0.39, 0.29) is 5.91 Å². The maximum Gasteiger partial charge on any atom is 0.290 e. The van der Waals surface area contributed by atoms with Gasteiger partial charge in [0, 0.05) is 11.8 Å². The Bertz CT molecular complexity index is 939. The van der Waals surface area contributed by atoms with E-state index in [4.69, 9.17) is 0 Å². The summed E-state index contributed by atoms with van der Waals surface area (Å²) in [5.41, 5.74) is 8.01. The molecule has 0 fully saturated rings. The van der Waals surface area contributed by atoms with Crippen LogP contribution in [0.25, 0.3) is 5.65 Å². The van der Waals surface area contributed by atoms with Gasteiger partial charge in [0.05, 0.1) is 11.4 Å². The normalized spacial score (nSPS) is 15.1. The van der Waals surface area contributed by atoms with Crippen LogP contribution in [-0.2, 0) is 6.42 Å². The number of aryl methyl sites for hydroxylation is 2. The summed E-state index contributed by atoms with van der Waals surface area (Å²) < 4.78 is 1.79. The number of carbonyl (C=O) groups is 1. The number of fused-ring (bicyclic) bond motifs is 2. The maximum atomic E-state index is 12.5. The number of pyridine rings is 1. The number of aromatic nitrogens is 2. The molecule has 1 amide bonds. The third kappa shape index (κ3) is 2.30. The lowest BCUT2D eigenvalue weighted by molar-refractivity contribution is 0.0948. The molecule has 1 aliphatic carbocycles. The van der Waals surface area contributed by atoms with Gasteiger partial charge in [-0.15, -0.1) is 0 Å². The molecule has 23 heavy (non-hydrogen) atoms. The SMILES string of the molecule is Cc1nc2ccccn2c1C(=O)N/N=C1\CCc2ccccc21. The van der Waals surface area contributed by atoms with Crippen molar-refractivity contribution < 1.29 is 4.79 Å². The quantitative estimate of drug-likeness (QED) is 0.740. The molecule has 2 heterocycles. The fraction of sp³-hybridized carbons (Fsp3) is 0.167. The number of hydrogen-bond donors (Lipinski definition) is 1. The lowest BCUT2D eigenvalue weighted by atomic mass is 10.1. The summed E-state index contributed by atoms with van der Waals surface area (Å²) in [6, 6.07) is 13.8. The van der Waals surface area contributed by atoms with Crippen LogP contribution in [-0.4, -0.2) is 21.0 Å². The zero-order valence-electron chi connectivity index (χ0n) is 12.8. The molecule has 0 aliphatic heterocycles. The topological polar surface area (TPSA) is 58.8 Å². The molecule has 0 saturated heterocycles. The van der Waals surface area contributed by atoms with Gasteiger partial charge in [-0.3, -0.25) is 9.20 Å². The molecule has 0 spiro atoms. The predicted octanol–water partition coefficient (Wildman–Crippen LogP) is 2.72. The maximum absolute atomic E-state index is 12.5. The first-order valence-electron chi connectivity index (χ1n) is 7.63. The Kier molecular flexibility index (Phi) is 3.19. The molecular formula is C18H16N4O. The Morgan fingerprint density at radius 3 is 2.91 bits per heavy atom. The van der Waals surface area contributed by atoms with Crippen molar-refractivity contribution >= 4 is 17.3 Å². The van der Waals surface area contributed by atoms with E-state index in [1.807, 2.05) is 49.5 Å². The van der Waals surface area contributed by atoms with Gasteiger partial charge in [-0.2, -0.15) is 5.10 Å². The van der Waals surface area contributed by atoms with Crippen LogP contribution >= 0.6 is 0 Å². The van der Waals surface area contributed by atoms with E-state index in [0.717, 1.165) is 29.8 Å². The van der Waals surface area contributed by atoms with Gasteiger partial charge in [0.15, 0.2) is 0 Å². The number of imidazole rings is 1. The molecule has 1 aromatic carbocycles. The summed E-state index contributed by atoms with van der Waals surface area (Å²) in [6.45, 7) is 1.83. The highest BCUT2D eigenvalue weighted by molar-refractivity contribution is 6.05. The summed E-state index contributed by atoms with van der Waals surface area (Å²) in [6.07, 6.45) is 3.66. The van der Waals surface area contributed by atoms with Gasteiger partial charge in [0.2, 0.25) is 0 Å². The van der Waals surface area contributed by atoms with E-state index >= 15 is 0 Å². The van der Waals surface area contributed by atoms with Crippen LogP contribution in [0.5, 0.6) is 0 Å². The molecule has 1 aliphatic rings. The highest BCUT2D eigenvalue weighted by Crippen LogP contribution is 2.21. The Labute approximate surface area is 133 Å². The second-order valence-electron chi connectivity index (χ2n) is 5.63. The largest absolute Gasteiger partial charge is 0.295 e. The van der Waals surface area contributed by atoms with Crippen LogP contribution in [0.4, 0.5) is 0 Å². The molecule has 0 radical (unpaired) electrons. The Balaban J connectivity index is 1.64. The minimum Gasteiger partial charge on any atom is -0.295 e. The molecule has 4 rings (SSSR count). The first-order valence-corrected chi connectivity index (χ1v) is 7.63. The molecule has 0 atom stereocenters. The zero-order valence-corrected chi connectivity index (χ0v) is 12.8. The molecule has 0 saturated carbocycles. The molecule has 5 heteroatoms. The number of carbonyl (C=O) groups excluding carboxylic acids is 1. The first-order chi connectivity index (χ1) is 11.2. The summed E-state index contributed by atoms with van der Waals surface area (Å²) in [4.78, 5) is 16.9. The number of benzene rings is 1. The molecular weight excluding hydrogens is 288 g/mol. The standard InChI is InChI=1S/C18H16N4O/c1-12-17(22-11-5-4-8-16(22)19-12)18(23)21-20-15-10-9-13-6-2-3-7-14(13)15/h2-8,11H,9-10H2,1H3,(H,21,23)/b20-15+. The minimum absolute atomic E-state index is 0.238. The summed E-state index contributed by atoms with van der Waals surface area (Å²) in [7, 11) is 0. The first kappa shape index (κ1) is 13.7. The summed E-state index contributed by atoms with van der Waals surface area (Å²) in [5.74, 6) is -0.238. The Hall–Kier alpha value is -2.95. The van der Waals surface area contributed by atoms with Crippen LogP contribution in [0.15, 0.2) is 53.8 Å². The lowest BCUT2D eigenvalue weighted by Crippen LogP contribution is -2.22. The second kappa shape index (κ2) is 5.35. The molecule has 0 bridgehead atoms. The van der Waals surface area contributed by atoms with Crippen molar-refractivity contribution in [3.63, 3.8) is 0 Å². The average molecular weight is 304 g/mol. The van der Waals surface area contributed by atoms with E-state index < -0.39 is 0 Å². The van der Waals surface area contributed by atoms with Gasteiger partial charge in [0.1, 0.15) is 11.3 Å². The number of hydrazone groups is 1. The van der Waals surface area contributed by atoms with Crippen molar-refractivity contribution in [1.29, 1.82) is 0 Å².